The van der Waals surface area contributed by atoms with Gasteiger partial charge in [-0.3, -0.25) is 4.84 Å². The van der Waals surface area contributed by atoms with Crippen LogP contribution in [-0.4, -0.2) is 23.8 Å². The Hall–Kier alpha value is -0.930. The molecule has 0 radical (unpaired) electrons. The summed E-state index contributed by atoms with van der Waals surface area (Å²) in [5, 5.41) is 2.08. The summed E-state index contributed by atoms with van der Waals surface area (Å²) in [6, 6.07) is 5.74. The van der Waals surface area contributed by atoms with Crippen LogP contribution < -0.4 is 0 Å². The molecule has 1 aromatic carbocycles. The van der Waals surface area contributed by atoms with Crippen LogP contribution in [0.4, 0.5) is 4.39 Å². The summed E-state index contributed by atoms with van der Waals surface area (Å²) in [5.41, 5.74) is 2.32. The SMILES string of the molecule is Cc1cc(F)ccc1[C@]1(C)CC(C)[C@@H]2[C@@H](C1)C(C)(C)ON2C. The van der Waals surface area contributed by atoms with Crippen molar-refractivity contribution in [2.45, 2.75) is 64.5 Å². The van der Waals surface area contributed by atoms with E-state index < -0.39 is 0 Å². The first-order valence-corrected chi connectivity index (χ1v) is 8.33. The highest BCUT2D eigenvalue weighted by atomic mass is 19.1. The van der Waals surface area contributed by atoms with E-state index in [2.05, 4.69) is 39.8 Å². The number of nitrogens with zero attached hydrogens (tertiary/aromatic N) is 1. The first kappa shape index (κ1) is 15.9. The Morgan fingerprint density at radius 1 is 1.23 bits per heavy atom. The number of fused-ring (bicyclic) bond motifs is 1. The Morgan fingerprint density at radius 2 is 1.91 bits per heavy atom. The largest absolute Gasteiger partial charge is 0.293 e. The van der Waals surface area contributed by atoms with E-state index in [4.69, 9.17) is 4.84 Å². The number of aryl methyl sites for hydroxylation is 1. The van der Waals surface area contributed by atoms with Gasteiger partial charge >= 0.3 is 0 Å². The molecular formula is C19H28FNO. The van der Waals surface area contributed by atoms with Crippen molar-refractivity contribution in [1.82, 2.24) is 5.06 Å². The maximum atomic E-state index is 13.5. The molecule has 1 aliphatic heterocycles. The molecule has 1 aliphatic carbocycles. The van der Waals surface area contributed by atoms with Crippen molar-refractivity contribution in [2.24, 2.45) is 11.8 Å². The number of hydrogen-bond donors (Lipinski definition) is 0. The molecule has 0 N–H and O–H groups in total. The van der Waals surface area contributed by atoms with E-state index in [1.165, 1.54) is 5.56 Å². The second-order valence-corrected chi connectivity index (χ2v) is 8.24. The standard InChI is InChI=1S/C19H28FNO/c1-12-9-14(20)7-8-15(12)19(5)10-13(2)17-16(11-19)18(3,4)22-21(17)6/h7-9,13,16-17H,10-11H2,1-6H3/t13?,16-,17-,19-/m1/s1. The smallest absolute Gasteiger partial charge is 0.123 e. The van der Waals surface area contributed by atoms with Crippen LogP contribution >= 0.6 is 0 Å². The van der Waals surface area contributed by atoms with E-state index in [0.717, 1.165) is 18.4 Å². The second-order valence-electron chi connectivity index (χ2n) is 8.24. The average molecular weight is 305 g/mol. The van der Waals surface area contributed by atoms with Crippen LogP contribution in [0.15, 0.2) is 18.2 Å². The van der Waals surface area contributed by atoms with Crippen molar-refractivity contribution < 1.29 is 9.23 Å². The molecule has 0 bridgehead atoms. The lowest BCUT2D eigenvalue weighted by molar-refractivity contribution is -0.182. The molecule has 2 fully saturated rings. The van der Waals surface area contributed by atoms with Crippen LogP contribution in [0.25, 0.3) is 0 Å². The Labute approximate surface area is 133 Å². The Kier molecular flexibility index (Phi) is 3.65. The molecular weight excluding hydrogens is 277 g/mol. The molecule has 0 spiro atoms. The summed E-state index contributed by atoms with van der Waals surface area (Å²) in [6.45, 7) is 11.1. The van der Waals surface area contributed by atoms with E-state index in [0.29, 0.717) is 17.9 Å². The molecule has 1 aromatic rings. The summed E-state index contributed by atoms with van der Waals surface area (Å²) in [7, 11) is 2.06. The number of halogens is 1. The first-order chi connectivity index (χ1) is 10.1. The highest BCUT2D eigenvalue weighted by Gasteiger charge is 2.55. The van der Waals surface area contributed by atoms with E-state index >= 15 is 0 Å². The van der Waals surface area contributed by atoms with Gasteiger partial charge in [0.15, 0.2) is 0 Å². The number of hydroxylamine groups is 2. The van der Waals surface area contributed by atoms with Gasteiger partial charge in [-0.05, 0) is 68.2 Å². The third-order valence-corrected chi connectivity index (χ3v) is 5.97. The third kappa shape index (κ3) is 2.39. The van der Waals surface area contributed by atoms with Gasteiger partial charge in [0, 0.05) is 19.0 Å². The molecule has 0 amide bonds. The van der Waals surface area contributed by atoms with Crippen molar-refractivity contribution in [3.05, 3.63) is 35.1 Å². The fraction of sp³-hybridized carbons (Fsp3) is 0.684. The van der Waals surface area contributed by atoms with Crippen LogP contribution in [0.5, 0.6) is 0 Å². The molecule has 1 saturated heterocycles. The van der Waals surface area contributed by atoms with Crippen LogP contribution in [-0.2, 0) is 10.3 Å². The van der Waals surface area contributed by atoms with Crippen molar-refractivity contribution in [3.8, 4) is 0 Å². The lowest BCUT2D eigenvalue weighted by atomic mass is 9.58. The fourth-order valence-corrected chi connectivity index (χ4v) is 5.21. The molecule has 0 aromatic heterocycles. The quantitative estimate of drug-likeness (QED) is 0.759. The van der Waals surface area contributed by atoms with E-state index in [9.17, 15) is 4.39 Å². The van der Waals surface area contributed by atoms with Crippen molar-refractivity contribution in [3.63, 3.8) is 0 Å². The Bertz CT molecular complexity index is 585. The van der Waals surface area contributed by atoms with Gasteiger partial charge in [-0.25, -0.2) is 4.39 Å². The minimum Gasteiger partial charge on any atom is -0.293 e. The van der Waals surface area contributed by atoms with Gasteiger partial charge in [0.1, 0.15) is 5.82 Å². The van der Waals surface area contributed by atoms with Crippen molar-refractivity contribution in [1.29, 1.82) is 0 Å². The normalized spacial score (nSPS) is 38.0. The van der Waals surface area contributed by atoms with Gasteiger partial charge in [0.2, 0.25) is 0 Å². The topological polar surface area (TPSA) is 12.5 Å². The summed E-state index contributed by atoms with van der Waals surface area (Å²) < 4.78 is 13.5. The summed E-state index contributed by atoms with van der Waals surface area (Å²) >= 11 is 0. The number of benzene rings is 1. The zero-order chi connectivity index (χ0) is 16.3. The fourth-order valence-electron chi connectivity index (χ4n) is 5.21. The zero-order valence-corrected chi connectivity index (χ0v) is 14.6. The van der Waals surface area contributed by atoms with Crippen molar-refractivity contribution in [2.75, 3.05) is 7.05 Å². The molecule has 3 rings (SSSR count). The van der Waals surface area contributed by atoms with Crippen LogP contribution in [0.2, 0.25) is 0 Å². The zero-order valence-electron chi connectivity index (χ0n) is 14.6. The highest BCUT2D eigenvalue weighted by Crippen LogP contribution is 2.53. The van der Waals surface area contributed by atoms with E-state index in [1.54, 1.807) is 12.1 Å². The maximum Gasteiger partial charge on any atom is 0.123 e. The number of hydrogen-bond acceptors (Lipinski definition) is 2. The monoisotopic (exact) mass is 305 g/mol. The Balaban J connectivity index is 1.99. The van der Waals surface area contributed by atoms with E-state index in [1.807, 2.05) is 13.0 Å². The average Bonchev–Trinajstić information content (AvgIpc) is 2.58. The summed E-state index contributed by atoms with van der Waals surface area (Å²) in [4.78, 5) is 6.12. The van der Waals surface area contributed by atoms with Gasteiger partial charge in [0.05, 0.1) is 5.60 Å². The predicted octanol–water partition coefficient (Wildman–Crippen LogP) is 4.46. The van der Waals surface area contributed by atoms with Crippen LogP contribution in [0.3, 0.4) is 0 Å². The Morgan fingerprint density at radius 3 is 2.55 bits per heavy atom. The van der Waals surface area contributed by atoms with Crippen molar-refractivity contribution >= 4 is 0 Å². The number of rotatable bonds is 1. The molecule has 3 heteroatoms. The van der Waals surface area contributed by atoms with Gasteiger partial charge in [-0.1, -0.05) is 19.9 Å². The second kappa shape index (κ2) is 5.04. The first-order valence-electron chi connectivity index (χ1n) is 8.33. The summed E-state index contributed by atoms with van der Waals surface area (Å²) in [6.07, 6.45) is 2.20. The molecule has 1 saturated carbocycles. The third-order valence-electron chi connectivity index (χ3n) is 5.97. The lowest BCUT2D eigenvalue weighted by Crippen LogP contribution is -2.48. The molecule has 1 heterocycles. The summed E-state index contributed by atoms with van der Waals surface area (Å²) in [5.74, 6) is 0.909. The van der Waals surface area contributed by atoms with Gasteiger partial charge in [0.25, 0.3) is 0 Å². The maximum absolute atomic E-state index is 13.5. The highest BCUT2D eigenvalue weighted by molar-refractivity contribution is 5.35. The molecule has 1 unspecified atom stereocenters. The van der Waals surface area contributed by atoms with E-state index in [-0.39, 0.29) is 16.8 Å². The molecule has 2 nitrogen and oxygen atoms in total. The molecule has 2 aliphatic rings. The minimum absolute atomic E-state index is 0.0875. The lowest BCUT2D eigenvalue weighted by Gasteiger charge is -2.47. The predicted molar refractivity (Wildman–Crippen MR) is 87.1 cm³/mol. The van der Waals surface area contributed by atoms with Gasteiger partial charge in [-0.15, -0.1) is 0 Å². The minimum atomic E-state index is -0.143. The molecule has 122 valence electrons. The molecule has 22 heavy (non-hydrogen) atoms. The molecule has 4 atom stereocenters. The van der Waals surface area contributed by atoms with Gasteiger partial charge in [-0.2, -0.15) is 5.06 Å². The van der Waals surface area contributed by atoms with Crippen LogP contribution in [0, 0.1) is 24.6 Å². The van der Waals surface area contributed by atoms with Gasteiger partial charge < -0.3 is 0 Å². The van der Waals surface area contributed by atoms with Crippen LogP contribution in [0.1, 0.15) is 51.7 Å².